The molecule has 2 aromatic carbocycles. The molecule has 0 amide bonds. The van der Waals surface area contributed by atoms with Gasteiger partial charge in [-0.2, -0.15) is 0 Å². The van der Waals surface area contributed by atoms with Gasteiger partial charge in [-0.3, -0.25) is 10.9 Å². The molecular formula is C16H17BrN4S2. The van der Waals surface area contributed by atoms with E-state index in [1.54, 1.807) is 0 Å². The Morgan fingerprint density at radius 1 is 0.957 bits per heavy atom. The lowest BCUT2D eigenvalue weighted by Crippen LogP contribution is -2.45. The van der Waals surface area contributed by atoms with Gasteiger partial charge in [0.05, 0.1) is 0 Å². The number of aryl methyl sites for hydroxylation is 1. The van der Waals surface area contributed by atoms with Gasteiger partial charge < -0.3 is 10.6 Å². The second kappa shape index (κ2) is 8.81. The summed E-state index contributed by atoms with van der Waals surface area (Å²) >= 11 is 13.9. The van der Waals surface area contributed by atoms with E-state index in [0.29, 0.717) is 10.2 Å². The Hall–Kier alpha value is -1.70. The molecule has 120 valence electrons. The van der Waals surface area contributed by atoms with Crippen LogP contribution < -0.4 is 21.5 Å². The van der Waals surface area contributed by atoms with Gasteiger partial charge in [0.15, 0.2) is 10.2 Å². The van der Waals surface area contributed by atoms with E-state index < -0.39 is 0 Å². The monoisotopic (exact) mass is 408 g/mol. The maximum Gasteiger partial charge on any atom is 0.189 e. The zero-order valence-corrected chi connectivity index (χ0v) is 15.7. The zero-order valence-electron chi connectivity index (χ0n) is 12.5. The normalized spacial score (nSPS) is 9.83. The van der Waals surface area contributed by atoms with Crippen molar-refractivity contribution in [3.63, 3.8) is 0 Å². The fourth-order valence-electron chi connectivity index (χ4n) is 1.95. The SMILES string of the molecule is CCc1ccccc1NC(=S)NNC(=S)Nc1cccc(Br)c1. The maximum atomic E-state index is 5.27. The summed E-state index contributed by atoms with van der Waals surface area (Å²) in [7, 11) is 0. The topological polar surface area (TPSA) is 48.1 Å². The number of benzene rings is 2. The van der Waals surface area contributed by atoms with Crippen LogP contribution in [0.3, 0.4) is 0 Å². The van der Waals surface area contributed by atoms with Crippen molar-refractivity contribution in [3.05, 3.63) is 58.6 Å². The van der Waals surface area contributed by atoms with Gasteiger partial charge in [0.1, 0.15) is 0 Å². The molecule has 0 fully saturated rings. The molecule has 0 saturated heterocycles. The van der Waals surface area contributed by atoms with Crippen LogP contribution in [0, 0.1) is 0 Å². The summed E-state index contributed by atoms with van der Waals surface area (Å²) in [6.45, 7) is 2.10. The highest BCUT2D eigenvalue weighted by atomic mass is 79.9. The van der Waals surface area contributed by atoms with Gasteiger partial charge in [-0.1, -0.05) is 47.1 Å². The second-order valence-electron chi connectivity index (χ2n) is 4.68. The Kier molecular flexibility index (Phi) is 6.76. The van der Waals surface area contributed by atoms with E-state index in [2.05, 4.69) is 50.4 Å². The average molecular weight is 409 g/mol. The molecule has 0 aliphatic carbocycles. The first-order valence-corrected chi connectivity index (χ1v) is 8.67. The number of para-hydroxylation sites is 1. The number of hydrogen-bond donors (Lipinski definition) is 4. The summed E-state index contributed by atoms with van der Waals surface area (Å²) in [5, 5.41) is 7.09. The van der Waals surface area contributed by atoms with E-state index in [4.69, 9.17) is 24.4 Å². The predicted octanol–water partition coefficient (Wildman–Crippen LogP) is 4.20. The predicted molar refractivity (Wildman–Crippen MR) is 109 cm³/mol. The highest BCUT2D eigenvalue weighted by molar-refractivity contribution is 9.10. The smallest absolute Gasteiger partial charge is 0.189 e. The van der Waals surface area contributed by atoms with Crippen molar-refractivity contribution in [1.82, 2.24) is 10.9 Å². The lowest BCUT2D eigenvalue weighted by molar-refractivity contribution is 0.885. The highest BCUT2D eigenvalue weighted by Gasteiger charge is 2.03. The van der Waals surface area contributed by atoms with Crippen LogP contribution in [0.5, 0.6) is 0 Å². The number of rotatable bonds is 3. The van der Waals surface area contributed by atoms with Gasteiger partial charge in [-0.25, -0.2) is 0 Å². The summed E-state index contributed by atoms with van der Waals surface area (Å²) in [4.78, 5) is 0. The van der Waals surface area contributed by atoms with Crippen LogP contribution in [0.2, 0.25) is 0 Å². The Bertz CT molecular complexity index is 706. The molecule has 4 nitrogen and oxygen atoms in total. The third-order valence-electron chi connectivity index (χ3n) is 3.02. The van der Waals surface area contributed by atoms with Crippen molar-refractivity contribution in [2.24, 2.45) is 0 Å². The molecule has 0 aromatic heterocycles. The Balaban J connectivity index is 1.83. The van der Waals surface area contributed by atoms with Crippen LogP contribution >= 0.6 is 40.4 Å². The van der Waals surface area contributed by atoms with Crippen LogP contribution in [-0.2, 0) is 6.42 Å². The van der Waals surface area contributed by atoms with E-state index in [9.17, 15) is 0 Å². The molecule has 7 heteroatoms. The van der Waals surface area contributed by atoms with Gasteiger partial charge in [-0.05, 0) is 60.7 Å². The van der Waals surface area contributed by atoms with Gasteiger partial charge in [0.2, 0.25) is 0 Å². The van der Waals surface area contributed by atoms with Gasteiger partial charge >= 0.3 is 0 Å². The molecule has 2 aromatic rings. The summed E-state index contributed by atoms with van der Waals surface area (Å²) in [6, 6.07) is 15.8. The fraction of sp³-hybridized carbons (Fsp3) is 0.125. The Labute approximate surface area is 155 Å². The van der Waals surface area contributed by atoms with E-state index in [0.717, 1.165) is 22.3 Å². The number of anilines is 2. The first-order chi connectivity index (χ1) is 11.1. The maximum absolute atomic E-state index is 5.27. The minimum Gasteiger partial charge on any atom is -0.331 e. The van der Waals surface area contributed by atoms with Gasteiger partial charge in [0, 0.05) is 15.8 Å². The molecule has 0 aliphatic heterocycles. The first-order valence-electron chi connectivity index (χ1n) is 7.06. The summed E-state index contributed by atoms with van der Waals surface area (Å²) in [5.41, 5.74) is 8.80. The minimum atomic E-state index is 0.427. The molecule has 2 rings (SSSR count). The van der Waals surface area contributed by atoms with Crippen molar-refractivity contribution in [1.29, 1.82) is 0 Å². The standard InChI is InChI=1S/C16H17BrN4S2/c1-2-11-6-3-4-9-14(11)19-16(23)21-20-15(22)18-13-8-5-7-12(17)10-13/h3-10H,2H2,1H3,(H2,18,20,22)(H2,19,21,23). The zero-order chi connectivity index (χ0) is 16.7. The van der Waals surface area contributed by atoms with Crippen molar-refractivity contribution < 1.29 is 0 Å². The first kappa shape index (κ1) is 17.7. The Morgan fingerprint density at radius 2 is 1.65 bits per heavy atom. The van der Waals surface area contributed by atoms with Gasteiger partial charge in [0.25, 0.3) is 0 Å². The molecule has 0 radical (unpaired) electrons. The van der Waals surface area contributed by atoms with E-state index in [-0.39, 0.29) is 0 Å². The number of thiocarbonyl (C=S) groups is 2. The molecule has 0 bridgehead atoms. The Morgan fingerprint density at radius 3 is 2.35 bits per heavy atom. The van der Waals surface area contributed by atoms with Crippen LogP contribution in [-0.4, -0.2) is 10.2 Å². The van der Waals surface area contributed by atoms with Crippen LogP contribution in [0.25, 0.3) is 0 Å². The lowest BCUT2D eigenvalue weighted by atomic mass is 10.1. The highest BCUT2D eigenvalue weighted by Crippen LogP contribution is 2.16. The molecule has 0 atom stereocenters. The van der Waals surface area contributed by atoms with Crippen molar-refractivity contribution in [3.8, 4) is 0 Å². The van der Waals surface area contributed by atoms with Crippen molar-refractivity contribution >= 4 is 62.0 Å². The van der Waals surface area contributed by atoms with Gasteiger partial charge in [-0.15, -0.1) is 0 Å². The van der Waals surface area contributed by atoms with Crippen LogP contribution in [0.15, 0.2) is 53.0 Å². The average Bonchev–Trinajstić information content (AvgIpc) is 2.53. The molecule has 0 spiro atoms. The van der Waals surface area contributed by atoms with E-state index in [1.165, 1.54) is 5.56 Å². The molecule has 0 aliphatic rings. The summed E-state index contributed by atoms with van der Waals surface area (Å²) in [5.74, 6) is 0. The summed E-state index contributed by atoms with van der Waals surface area (Å²) < 4.78 is 0.978. The minimum absolute atomic E-state index is 0.427. The molecule has 0 heterocycles. The molecule has 0 saturated carbocycles. The molecule has 4 N–H and O–H groups in total. The third-order valence-corrected chi connectivity index (χ3v) is 3.92. The molecule has 0 unspecified atom stereocenters. The largest absolute Gasteiger partial charge is 0.331 e. The van der Waals surface area contributed by atoms with Crippen LogP contribution in [0.4, 0.5) is 11.4 Å². The van der Waals surface area contributed by atoms with Crippen molar-refractivity contribution in [2.75, 3.05) is 10.6 Å². The third kappa shape index (κ3) is 5.78. The van der Waals surface area contributed by atoms with E-state index in [1.807, 2.05) is 42.5 Å². The number of hydrogen-bond acceptors (Lipinski definition) is 2. The van der Waals surface area contributed by atoms with Crippen LogP contribution in [0.1, 0.15) is 12.5 Å². The van der Waals surface area contributed by atoms with E-state index >= 15 is 0 Å². The number of halogens is 1. The second-order valence-corrected chi connectivity index (χ2v) is 6.41. The lowest BCUT2D eigenvalue weighted by Gasteiger charge is -2.15. The summed E-state index contributed by atoms with van der Waals surface area (Å²) in [6.07, 6.45) is 0.933. The quantitative estimate of drug-likeness (QED) is 0.450. The number of nitrogens with one attached hydrogen (secondary N) is 4. The molecule has 23 heavy (non-hydrogen) atoms. The molecular weight excluding hydrogens is 392 g/mol. The van der Waals surface area contributed by atoms with Crippen molar-refractivity contribution in [2.45, 2.75) is 13.3 Å². The fourth-order valence-corrected chi connectivity index (χ4v) is 2.68. The number of hydrazine groups is 1.